The van der Waals surface area contributed by atoms with Crippen molar-refractivity contribution in [3.63, 3.8) is 0 Å². The predicted molar refractivity (Wildman–Crippen MR) is 91.8 cm³/mol. The van der Waals surface area contributed by atoms with Crippen LogP contribution in [-0.2, 0) is 19.1 Å². The van der Waals surface area contributed by atoms with E-state index in [0.717, 1.165) is 11.5 Å². The van der Waals surface area contributed by atoms with Crippen LogP contribution in [0.15, 0.2) is 37.5 Å². The van der Waals surface area contributed by atoms with Crippen LogP contribution < -0.4 is 0 Å². The van der Waals surface area contributed by atoms with Crippen molar-refractivity contribution >= 4 is 23.7 Å². The molecule has 0 saturated carbocycles. The predicted octanol–water partition coefficient (Wildman–Crippen LogP) is 3.54. The minimum atomic E-state index is -1.34. The van der Waals surface area contributed by atoms with Crippen molar-refractivity contribution in [1.29, 1.82) is 0 Å². The van der Waals surface area contributed by atoms with Crippen molar-refractivity contribution in [3.8, 4) is 0 Å². The van der Waals surface area contributed by atoms with Gasteiger partial charge in [-0.1, -0.05) is 24.3 Å². The summed E-state index contributed by atoms with van der Waals surface area (Å²) >= 11 is 1.70. The third kappa shape index (κ3) is 6.52. The first-order valence-corrected chi connectivity index (χ1v) is 8.53. The van der Waals surface area contributed by atoms with Crippen LogP contribution in [0, 0.1) is 5.41 Å². The fourth-order valence-corrected chi connectivity index (χ4v) is 2.43. The molecule has 0 aliphatic heterocycles. The normalized spacial score (nSPS) is 11.2. The zero-order valence-corrected chi connectivity index (χ0v) is 14.3. The minimum absolute atomic E-state index is 0.189. The molecule has 0 aliphatic rings. The molecule has 0 radical (unpaired) electrons. The SMILES string of the molecule is C=CCSC/C=C/CC(CC=C)(C(=O)OCC)C(=O)OCC. The molecule has 0 saturated heterocycles. The van der Waals surface area contributed by atoms with Crippen molar-refractivity contribution in [3.05, 3.63) is 37.5 Å². The molecule has 5 heteroatoms. The Labute approximate surface area is 137 Å². The standard InChI is InChI=1S/C17H26O4S/c1-5-11-17(15(18)20-7-3,16(19)21-8-4)12-9-10-14-22-13-6-2/h5-6,9-10H,1-2,7-8,11-14H2,3-4H3/b10-9+. The minimum Gasteiger partial charge on any atom is -0.465 e. The highest BCUT2D eigenvalue weighted by Crippen LogP contribution is 2.32. The first-order valence-electron chi connectivity index (χ1n) is 7.38. The van der Waals surface area contributed by atoms with E-state index in [1.165, 1.54) is 0 Å². The maximum absolute atomic E-state index is 12.3. The van der Waals surface area contributed by atoms with E-state index < -0.39 is 17.4 Å². The third-order valence-electron chi connectivity index (χ3n) is 2.91. The molecule has 4 nitrogen and oxygen atoms in total. The Hall–Kier alpha value is -1.49. The molecular weight excluding hydrogens is 300 g/mol. The number of thioether (sulfide) groups is 1. The van der Waals surface area contributed by atoms with E-state index >= 15 is 0 Å². The lowest BCUT2D eigenvalue weighted by Crippen LogP contribution is -2.41. The molecule has 0 aromatic heterocycles. The van der Waals surface area contributed by atoms with E-state index in [4.69, 9.17) is 9.47 Å². The number of carbonyl (C=O) groups is 2. The van der Waals surface area contributed by atoms with Crippen LogP contribution in [0.3, 0.4) is 0 Å². The summed E-state index contributed by atoms with van der Waals surface area (Å²) in [6.45, 7) is 11.2. The molecule has 0 heterocycles. The summed E-state index contributed by atoms with van der Waals surface area (Å²) in [6, 6.07) is 0. The van der Waals surface area contributed by atoms with Crippen LogP contribution in [0.2, 0.25) is 0 Å². The van der Waals surface area contributed by atoms with Gasteiger partial charge in [0.05, 0.1) is 13.2 Å². The number of ether oxygens (including phenoxy) is 2. The molecule has 0 atom stereocenters. The summed E-state index contributed by atoms with van der Waals surface area (Å²) in [5.74, 6) is 0.535. The average Bonchev–Trinajstić information content (AvgIpc) is 2.50. The zero-order chi connectivity index (χ0) is 16.8. The fourth-order valence-electron chi connectivity index (χ4n) is 1.86. The summed E-state index contributed by atoms with van der Waals surface area (Å²) in [5.41, 5.74) is -1.34. The summed E-state index contributed by atoms with van der Waals surface area (Å²) in [4.78, 5) is 24.6. The molecular formula is C17H26O4S. The zero-order valence-electron chi connectivity index (χ0n) is 13.5. The first kappa shape index (κ1) is 20.5. The van der Waals surface area contributed by atoms with Gasteiger partial charge in [-0.2, -0.15) is 11.8 Å². The lowest BCUT2D eigenvalue weighted by atomic mass is 9.81. The Kier molecular flexibility index (Phi) is 11.3. The highest BCUT2D eigenvalue weighted by Gasteiger charge is 2.46. The monoisotopic (exact) mass is 326 g/mol. The Balaban J connectivity index is 5.09. The van der Waals surface area contributed by atoms with Gasteiger partial charge in [-0.25, -0.2) is 0 Å². The van der Waals surface area contributed by atoms with Crippen LogP contribution in [0.25, 0.3) is 0 Å². The van der Waals surface area contributed by atoms with Gasteiger partial charge in [0, 0.05) is 11.5 Å². The van der Waals surface area contributed by atoms with Crippen molar-refractivity contribution in [2.45, 2.75) is 26.7 Å². The maximum atomic E-state index is 12.3. The van der Waals surface area contributed by atoms with E-state index in [2.05, 4.69) is 13.2 Å². The summed E-state index contributed by atoms with van der Waals surface area (Å²) < 4.78 is 10.2. The van der Waals surface area contributed by atoms with Crippen molar-refractivity contribution in [1.82, 2.24) is 0 Å². The Morgan fingerprint density at radius 3 is 2.00 bits per heavy atom. The third-order valence-corrected chi connectivity index (χ3v) is 3.81. The lowest BCUT2D eigenvalue weighted by Gasteiger charge is -2.26. The van der Waals surface area contributed by atoms with Crippen LogP contribution in [0.4, 0.5) is 0 Å². The van der Waals surface area contributed by atoms with E-state index in [0.29, 0.717) is 0 Å². The number of hydrogen-bond acceptors (Lipinski definition) is 5. The second-order valence-electron chi connectivity index (χ2n) is 4.52. The fraction of sp³-hybridized carbons (Fsp3) is 0.529. The number of hydrogen-bond donors (Lipinski definition) is 0. The van der Waals surface area contributed by atoms with Crippen molar-refractivity contribution in [2.24, 2.45) is 5.41 Å². The molecule has 0 amide bonds. The average molecular weight is 326 g/mol. The van der Waals surface area contributed by atoms with Gasteiger partial charge in [0.25, 0.3) is 0 Å². The summed E-state index contributed by atoms with van der Waals surface area (Å²) in [6.07, 6.45) is 7.57. The topological polar surface area (TPSA) is 52.6 Å². The number of carbonyl (C=O) groups excluding carboxylic acids is 2. The summed E-state index contributed by atoms with van der Waals surface area (Å²) in [7, 11) is 0. The molecule has 0 aromatic carbocycles. The van der Waals surface area contributed by atoms with Crippen LogP contribution >= 0.6 is 11.8 Å². The molecule has 0 fully saturated rings. The van der Waals surface area contributed by atoms with E-state index in [1.807, 2.05) is 18.2 Å². The molecule has 22 heavy (non-hydrogen) atoms. The van der Waals surface area contributed by atoms with Gasteiger partial charge in [0.2, 0.25) is 0 Å². The Morgan fingerprint density at radius 1 is 0.955 bits per heavy atom. The van der Waals surface area contributed by atoms with Crippen molar-refractivity contribution < 1.29 is 19.1 Å². The molecule has 0 bridgehead atoms. The number of esters is 2. The van der Waals surface area contributed by atoms with E-state index in [9.17, 15) is 9.59 Å². The second kappa shape index (κ2) is 12.1. The van der Waals surface area contributed by atoms with Crippen LogP contribution in [-0.4, -0.2) is 36.7 Å². The quantitative estimate of drug-likeness (QED) is 0.238. The second-order valence-corrected chi connectivity index (χ2v) is 5.59. The molecule has 0 rings (SSSR count). The van der Waals surface area contributed by atoms with Gasteiger partial charge in [-0.3, -0.25) is 9.59 Å². The van der Waals surface area contributed by atoms with E-state index in [1.54, 1.807) is 31.7 Å². The van der Waals surface area contributed by atoms with Gasteiger partial charge in [0.1, 0.15) is 0 Å². The summed E-state index contributed by atoms with van der Waals surface area (Å²) in [5, 5.41) is 0. The number of allylic oxidation sites excluding steroid dienone is 2. The molecule has 0 aliphatic carbocycles. The lowest BCUT2D eigenvalue weighted by molar-refractivity contribution is -0.171. The van der Waals surface area contributed by atoms with Crippen LogP contribution in [0.5, 0.6) is 0 Å². The molecule has 0 N–H and O–H groups in total. The Bertz CT molecular complexity index is 383. The smallest absolute Gasteiger partial charge is 0.324 e. The Morgan fingerprint density at radius 2 is 1.55 bits per heavy atom. The highest BCUT2D eigenvalue weighted by atomic mass is 32.2. The van der Waals surface area contributed by atoms with Gasteiger partial charge < -0.3 is 9.47 Å². The maximum Gasteiger partial charge on any atom is 0.324 e. The van der Waals surface area contributed by atoms with E-state index in [-0.39, 0.29) is 26.1 Å². The van der Waals surface area contributed by atoms with Gasteiger partial charge >= 0.3 is 11.9 Å². The van der Waals surface area contributed by atoms with Gasteiger partial charge in [-0.15, -0.1) is 13.2 Å². The molecule has 124 valence electrons. The molecule has 0 unspecified atom stereocenters. The largest absolute Gasteiger partial charge is 0.465 e. The molecule has 0 aromatic rings. The number of rotatable bonds is 12. The molecule has 0 spiro atoms. The highest BCUT2D eigenvalue weighted by molar-refractivity contribution is 7.99. The van der Waals surface area contributed by atoms with Crippen LogP contribution in [0.1, 0.15) is 26.7 Å². The van der Waals surface area contributed by atoms with Gasteiger partial charge in [0.15, 0.2) is 5.41 Å². The van der Waals surface area contributed by atoms with Gasteiger partial charge in [-0.05, 0) is 26.7 Å². The van der Waals surface area contributed by atoms with Crippen molar-refractivity contribution in [2.75, 3.05) is 24.7 Å². The first-order chi connectivity index (χ1) is 10.6.